The first kappa shape index (κ1) is 20.4. The van der Waals surface area contributed by atoms with Gasteiger partial charge in [-0.2, -0.15) is 5.10 Å². The van der Waals surface area contributed by atoms with E-state index in [4.69, 9.17) is 4.74 Å². The molecule has 0 fully saturated rings. The second-order valence-electron chi connectivity index (χ2n) is 7.84. The number of ether oxygens (including phenoxy) is 1. The number of nitrogens with one attached hydrogen (secondary N) is 1. The van der Waals surface area contributed by atoms with Crippen LogP contribution in [0.25, 0.3) is 0 Å². The lowest BCUT2D eigenvalue weighted by molar-refractivity contribution is 0.0952. The number of nitrogens with zero attached hydrogens (tertiary/aromatic N) is 2. The van der Waals surface area contributed by atoms with Crippen molar-refractivity contribution in [1.29, 1.82) is 0 Å². The van der Waals surface area contributed by atoms with E-state index in [0.29, 0.717) is 17.2 Å². The minimum atomic E-state index is -0.317. The molecule has 0 unspecified atom stereocenters. The van der Waals surface area contributed by atoms with Gasteiger partial charge in [0.05, 0.1) is 18.9 Å². The highest BCUT2D eigenvalue weighted by molar-refractivity contribution is 9.10. The van der Waals surface area contributed by atoms with Gasteiger partial charge in [0, 0.05) is 22.7 Å². The number of methoxy groups -OCH3 is 1. The molecule has 1 amide bonds. The van der Waals surface area contributed by atoms with Crippen LogP contribution in [0.15, 0.2) is 46.0 Å². The molecule has 5 nitrogen and oxygen atoms in total. The number of rotatable bonds is 4. The minimum absolute atomic E-state index is 0.138. The summed E-state index contributed by atoms with van der Waals surface area (Å²) in [6, 6.07) is 11.6. The number of carbonyl (C=O) groups excluding carboxylic acids is 1. The fourth-order valence-corrected chi connectivity index (χ4v) is 4.12. The van der Waals surface area contributed by atoms with Gasteiger partial charge in [-0.15, -0.1) is 0 Å². The van der Waals surface area contributed by atoms with E-state index in [9.17, 15) is 4.79 Å². The summed E-state index contributed by atoms with van der Waals surface area (Å²) < 4.78 is 6.05. The minimum Gasteiger partial charge on any atom is -0.496 e. The normalized spacial score (nSPS) is 18.1. The Morgan fingerprint density at radius 1 is 1.32 bits per heavy atom. The zero-order valence-corrected chi connectivity index (χ0v) is 18.5. The average Bonchev–Trinajstić information content (AvgIpc) is 2.66. The van der Waals surface area contributed by atoms with Crippen LogP contribution in [0.5, 0.6) is 5.75 Å². The summed E-state index contributed by atoms with van der Waals surface area (Å²) in [6.45, 7) is 6.80. The van der Waals surface area contributed by atoms with Crippen molar-refractivity contribution in [3.8, 4) is 5.75 Å². The second-order valence-corrected chi connectivity index (χ2v) is 8.75. The largest absolute Gasteiger partial charge is 0.496 e. The Morgan fingerprint density at radius 2 is 2.07 bits per heavy atom. The number of hydrogen-bond donors (Lipinski definition) is 1. The number of hydrogen-bond acceptors (Lipinski definition) is 4. The molecule has 0 saturated carbocycles. The predicted molar refractivity (Wildman–Crippen MR) is 118 cm³/mol. The molecule has 0 aliphatic carbocycles. The molecular weight excluding hydrogens is 418 g/mol. The van der Waals surface area contributed by atoms with Crippen LogP contribution in [0.3, 0.4) is 0 Å². The Kier molecular flexibility index (Phi) is 5.79. The fraction of sp³-hybridized carbons (Fsp3) is 0.364. The fourth-order valence-electron chi connectivity index (χ4n) is 3.76. The quantitative estimate of drug-likeness (QED) is 0.537. The molecule has 0 spiro atoms. The van der Waals surface area contributed by atoms with Gasteiger partial charge in [-0.05, 0) is 67.6 Å². The molecule has 148 valence electrons. The van der Waals surface area contributed by atoms with Crippen LogP contribution in [0.2, 0.25) is 0 Å². The van der Waals surface area contributed by atoms with E-state index >= 15 is 0 Å². The highest BCUT2D eigenvalue weighted by Crippen LogP contribution is 2.42. The first-order valence-corrected chi connectivity index (χ1v) is 10.1. The van der Waals surface area contributed by atoms with Crippen molar-refractivity contribution in [1.82, 2.24) is 5.43 Å². The molecule has 6 heteroatoms. The molecule has 0 saturated heterocycles. The maximum absolute atomic E-state index is 12.4. The topological polar surface area (TPSA) is 53.9 Å². The number of fused-ring (bicyclic) bond motifs is 1. The highest BCUT2D eigenvalue weighted by Gasteiger charge is 2.33. The Bertz CT molecular complexity index is 924. The van der Waals surface area contributed by atoms with E-state index < -0.39 is 0 Å². The van der Waals surface area contributed by atoms with Crippen molar-refractivity contribution in [2.75, 3.05) is 19.1 Å². The Labute approximate surface area is 174 Å². The summed E-state index contributed by atoms with van der Waals surface area (Å²) in [5.74, 6) is 0.654. The molecule has 0 aromatic heterocycles. The second kappa shape index (κ2) is 7.95. The van der Waals surface area contributed by atoms with Gasteiger partial charge in [0.25, 0.3) is 5.91 Å². The lowest BCUT2D eigenvalue weighted by Crippen LogP contribution is -2.45. The van der Waals surface area contributed by atoms with E-state index in [1.165, 1.54) is 18.4 Å². The molecule has 1 N–H and O–H groups in total. The van der Waals surface area contributed by atoms with Gasteiger partial charge < -0.3 is 9.64 Å². The van der Waals surface area contributed by atoms with E-state index in [1.807, 2.05) is 12.1 Å². The van der Waals surface area contributed by atoms with Gasteiger partial charge in [-0.1, -0.05) is 28.9 Å². The average molecular weight is 444 g/mol. The van der Waals surface area contributed by atoms with Crippen molar-refractivity contribution in [3.63, 3.8) is 0 Å². The van der Waals surface area contributed by atoms with Crippen molar-refractivity contribution in [2.24, 2.45) is 5.10 Å². The third kappa shape index (κ3) is 4.07. The zero-order valence-electron chi connectivity index (χ0n) is 16.9. The van der Waals surface area contributed by atoms with Crippen LogP contribution >= 0.6 is 15.9 Å². The number of amides is 1. The number of hydrazone groups is 1. The van der Waals surface area contributed by atoms with Gasteiger partial charge in [0.15, 0.2) is 0 Å². The molecule has 28 heavy (non-hydrogen) atoms. The van der Waals surface area contributed by atoms with Crippen LogP contribution in [0.4, 0.5) is 5.69 Å². The maximum atomic E-state index is 12.4. The smallest absolute Gasteiger partial charge is 0.275 e. The zero-order chi connectivity index (χ0) is 20.5. The molecule has 2 aromatic rings. The standard InChI is InChI=1S/C22H26BrN3O2/c1-14-12-22(2,3)26(4)19-8-6-15(10-17(14)19)13-24-25-21(27)18-11-16(23)7-9-20(18)28-5/h6-11,13-14H,12H2,1-5H3,(H,25,27)/b24-13-/t14-/m0/s1. The molecule has 0 radical (unpaired) electrons. The molecule has 1 aliphatic rings. The molecule has 3 rings (SSSR count). The van der Waals surface area contributed by atoms with Crippen molar-refractivity contribution < 1.29 is 9.53 Å². The van der Waals surface area contributed by atoms with Crippen LogP contribution in [0, 0.1) is 0 Å². The van der Waals surface area contributed by atoms with Gasteiger partial charge in [-0.3, -0.25) is 4.79 Å². The first-order chi connectivity index (χ1) is 13.2. The highest BCUT2D eigenvalue weighted by atomic mass is 79.9. The SMILES string of the molecule is COc1ccc(Br)cc1C(=O)N/N=C\c1ccc2c(c1)[C@@H](C)CC(C)(C)N2C. The monoisotopic (exact) mass is 443 g/mol. The molecule has 1 heterocycles. The molecule has 1 atom stereocenters. The van der Waals surface area contributed by atoms with Gasteiger partial charge >= 0.3 is 0 Å². The Balaban J connectivity index is 1.77. The number of benzene rings is 2. The number of anilines is 1. The molecule has 2 aromatic carbocycles. The van der Waals surface area contributed by atoms with Crippen molar-refractivity contribution in [2.45, 2.75) is 38.6 Å². The Morgan fingerprint density at radius 3 is 2.79 bits per heavy atom. The van der Waals surface area contributed by atoms with Gasteiger partial charge in [0.1, 0.15) is 5.75 Å². The lowest BCUT2D eigenvalue weighted by Gasteiger charge is -2.45. The summed E-state index contributed by atoms with van der Waals surface area (Å²) in [7, 11) is 3.68. The summed E-state index contributed by atoms with van der Waals surface area (Å²) in [4.78, 5) is 14.8. The summed E-state index contributed by atoms with van der Waals surface area (Å²) in [5.41, 5.74) is 6.67. The summed E-state index contributed by atoms with van der Waals surface area (Å²) in [6.07, 6.45) is 2.77. The molecule has 0 bridgehead atoms. The van der Waals surface area contributed by atoms with Crippen molar-refractivity contribution in [3.05, 3.63) is 57.6 Å². The number of halogens is 1. The van der Waals surface area contributed by atoms with E-state index in [0.717, 1.165) is 16.5 Å². The number of carbonyl (C=O) groups is 1. The predicted octanol–water partition coefficient (Wildman–Crippen LogP) is 4.94. The Hall–Kier alpha value is -2.34. The summed E-state index contributed by atoms with van der Waals surface area (Å²) in [5, 5.41) is 4.14. The van der Waals surface area contributed by atoms with Crippen LogP contribution in [-0.4, -0.2) is 31.8 Å². The van der Waals surface area contributed by atoms with E-state index in [2.05, 4.69) is 71.3 Å². The molecule has 1 aliphatic heterocycles. The van der Waals surface area contributed by atoms with E-state index in [-0.39, 0.29) is 11.4 Å². The maximum Gasteiger partial charge on any atom is 0.275 e. The van der Waals surface area contributed by atoms with Crippen molar-refractivity contribution >= 4 is 33.7 Å². The third-order valence-electron chi connectivity index (χ3n) is 5.44. The molecular formula is C22H26BrN3O2. The van der Waals surface area contributed by atoms with E-state index in [1.54, 1.807) is 18.3 Å². The van der Waals surface area contributed by atoms with Crippen LogP contribution in [-0.2, 0) is 0 Å². The van der Waals surface area contributed by atoms with Crippen LogP contribution in [0.1, 0.15) is 54.6 Å². The third-order valence-corrected chi connectivity index (χ3v) is 5.94. The van der Waals surface area contributed by atoms with Gasteiger partial charge in [0.2, 0.25) is 0 Å². The summed E-state index contributed by atoms with van der Waals surface area (Å²) >= 11 is 3.37. The van der Waals surface area contributed by atoms with Crippen LogP contribution < -0.4 is 15.1 Å². The van der Waals surface area contributed by atoms with Gasteiger partial charge in [-0.25, -0.2) is 5.43 Å². The first-order valence-electron chi connectivity index (χ1n) is 9.27. The lowest BCUT2D eigenvalue weighted by atomic mass is 9.80.